The van der Waals surface area contributed by atoms with Crippen LogP contribution in [-0.2, 0) is 0 Å². The third-order valence-corrected chi connectivity index (χ3v) is 11.4. The van der Waals surface area contributed by atoms with E-state index in [1.54, 1.807) is 0 Å². The van der Waals surface area contributed by atoms with Crippen LogP contribution in [0.25, 0.3) is 88.9 Å². The Morgan fingerprint density at radius 2 is 1.36 bits per heavy atom. The van der Waals surface area contributed by atoms with Gasteiger partial charge >= 0.3 is 0 Å². The van der Waals surface area contributed by atoms with Crippen molar-refractivity contribution in [1.82, 2.24) is 19.5 Å². The van der Waals surface area contributed by atoms with Crippen LogP contribution in [0.1, 0.15) is 30.1 Å². The first-order valence-corrected chi connectivity index (χ1v) is 19.1. The van der Waals surface area contributed by atoms with E-state index in [1.165, 1.54) is 27.5 Å². The van der Waals surface area contributed by atoms with Crippen LogP contribution in [0.5, 0.6) is 5.75 Å². The molecule has 0 fully saturated rings. The van der Waals surface area contributed by atoms with Crippen LogP contribution in [0.3, 0.4) is 0 Å². The predicted molar refractivity (Wildman–Crippen MR) is 225 cm³/mol. The number of rotatable bonds is 5. The third kappa shape index (κ3) is 4.72. The van der Waals surface area contributed by atoms with Crippen molar-refractivity contribution in [2.24, 2.45) is 0 Å². The highest BCUT2D eigenvalue weighted by molar-refractivity contribution is 6.12. The second-order valence-corrected chi connectivity index (χ2v) is 14.6. The summed E-state index contributed by atoms with van der Waals surface area (Å²) in [5.41, 5.74) is 11.2. The summed E-state index contributed by atoms with van der Waals surface area (Å²) < 4.78 is 15.8. The summed E-state index contributed by atoms with van der Waals surface area (Å²) in [5.74, 6) is 3.68. The highest BCUT2D eigenvalue weighted by Gasteiger charge is 2.35. The van der Waals surface area contributed by atoms with Crippen molar-refractivity contribution >= 4 is 55.0 Å². The summed E-state index contributed by atoms with van der Waals surface area (Å²) in [5, 5.41) is 4.54. The van der Waals surface area contributed by atoms with Gasteiger partial charge in [0.1, 0.15) is 22.7 Å². The lowest BCUT2D eigenvalue weighted by molar-refractivity contribution is 0.426. The van der Waals surface area contributed by atoms with Gasteiger partial charge in [-0.2, -0.15) is 0 Å². The van der Waals surface area contributed by atoms with Crippen molar-refractivity contribution in [1.29, 1.82) is 0 Å². The van der Waals surface area contributed by atoms with E-state index in [9.17, 15) is 0 Å². The molecule has 0 saturated heterocycles. The number of aromatic nitrogens is 4. The van der Waals surface area contributed by atoms with Gasteiger partial charge in [0, 0.05) is 38.2 Å². The molecule has 1 aliphatic heterocycles. The van der Waals surface area contributed by atoms with Crippen molar-refractivity contribution in [2.75, 3.05) is 0 Å². The van der Waals surface area contributed by atoms with Gasteiger partial charge < -0.3 is 13.7 Å². The van der Waals surface area contributed by atoms with E-state index in [-0.39, 0.29) is 5.92 Å². The number of ether oxygens (including phenoxy) is 1. The van der Waals surface area contributed by atoms with Crippen LogP contribution < -0.4 is 4.74 Å². The quantitative estimate of drug-likeness (QED) is 0.177. The summed E-state index contributed by atoms with van der Waals surface area (Å²) in [6, 6.07) is 46.7. The maximum absolute atomic E-state index is 6.96. The highest BCUT2D eigenvalue weighted by Crippen LogP contribution is 2.49. The van der Waals surface area contributed by atoms with Gasteiger partial charge in [-0.25, -0.2) is 15.0 Å². The third-order valence-electron chi connectivity index (χ3n) is 11.4. The summed E-state index contributed by atoms with van der Waals surface area (Å²) >= 11 is 0. The number of allylic oxidation sites excluding steroid dienone is 8. The predicted octanol–water partition coefficient (Wildman–Crippen LogP) is 12.5. The molecular formula is C50H32N4O2. The molecule has 0 amide bonds. The van der Waals surface area contributed by atoms with Gasteiger partial charge in [0.25, 0.3) is 0 Å². The first-order chi connectivity index (χ1) is 27.7. The minimum absolute atomic E-state index is 0.0940. The maximum atomic E-state index is 6.96. The second kappa shape index (κ2) is 12.1. The zero-order valence-electron chi connectivity index (χ0n) is 30.2. The zero-order chi connectivity index (χ0) is 36.7. The average Bonchev–Trinajstić information content (AvgIpc) is 4.07. The molecule has 6 heteroatoms. The summed E-state index contributed by atoms with van der Waals surface area (Å²) in [6.07, 6.45) is 12.6. The lowest BCUT2D eigenvalue weighted by Crippen LogP contribution is -2.09. The largest absolute Gasteiger partial charge is 0.459 e. The Kier molecular flexibility index (Phi) is 6.72. The van der Waals surface area contributed by atoms with Crippen molar-refractivity contribution in [3.63, 3.8) is 0 Å². The topological polar surface area (TPSA) is 66.0 Å². The van der Waals surface area contributed by atoms with Crippen molar-refractivity contribution in [3.8, 4) is 39.7 Å². The first kappa shape index (κ1) is 31.1. The van der Waals surface area contributed by atoms with Crippen molar-refractivity contribution in [2.45, 2.75) is 18.8 Å². The molecular weight excluding hydrogens is 689 g/mol. The molecule has 0 saturated carbocycles. The van der Waals surface area contributed by atoms with Crippen molar-refractivity contribution in [3.05, 3.63) is 181 Å². The molecule has 56 heavy (non-hydrogen) atoms. The van der Waals surface area contributed by atoms with Crippen molar-refractivity contribution < 1.29 is 9.15 Å². The van der Waals surface area contributed by atoms with Gasteiger partial charge in [-0.3, -0.25) is 0 Å². The smallest absolute Gasteiger partial charge is 0.167 e. The molecule has 12 rings (SSSR count). The van der Waals surface area contributed by atoms with Gasteiger partial charge in [-0.15, -0.1) is 0 Å². The van der Waals surface area contributed by atoms with E-state index >= 15 is 0 Å². The molecule has 3 aliphatic rings. The first-order valence-electron chi connectivity index (χ1n) is 19.1. The number of fused-ring (bicyclic) bond motifs is 9. The molecule has 0 radical (unpaired) electrons. The van der Waals surface area contributed by atoms with E-state index < -0.39 is 0 Å². The van der Waals surface area contributed by atoms with Gasteiger partial charge in [-0.1, -0.05) is 127 Å². The van der Waals surface area contributed by atoms with E-state index in [2.05, 4.69) is 138 Å². The normalized spacial score (nSPS) is 15.9. The van der Waals surface area contributed by atoms with Crippen LogP contribution in [0, 0.1) is 0 Å². The number of hydrogen-bond acceptors (Lipinski definition) is 5. The molecule has 4 heterocycles. The van der Waals surface area contributed by atoms with Gasteiger partial charge in [0.2, 0.25) is 0 Å². The van der Waals surface area contributed by atoms with Crippen LogP contribution >= 0.6 is 0 Å². The summed E-state index contributed by atoms with van der Waals surface area (Å²) in [7, 11) is 0. The minimum atomic E-state index is 0.0940. The maximum Gasteiger partial charge on any atom is 0.167 e. The van der Waals surface area contributed by atoms with E-state index in [0.29, 0.717) is 17.5 Å². The van der Waals surface area contributed by atoms with Crippen LogP contribution in [0.15, 0.2) is 174 Å². The van der Waals surface area contributed by atoms with E-state index in [4.69, 9.17) is 24.1 Å². The summed E-state index contributed by atoms with van der Waals surface area (Å²) in [6.45, 7) is 0. The van der Waals surface area contributed by atoms with Gasteiger partial charge in [0.05, 0.1) is 28.2 Å². The SMILES string of the molecule is C1=CC(c2nc(-c3ccc4c(c3)OC3=C(n5c6ccccc6c6ccc(-c7ccccc7)cc65)C=CCC34)nc(-c3cccc4c3oc3ccccc34)n2)=CC1. The molecule has 9 aromatic rings. The van der Waals surface area contributed by atoms with E-state index in [1.807, 2.05) is 30.3 Å². The Morgan fingerprint density at radius 1 is 0.571 bits per heavy atom. The Morgan fingerprint density at radius 3 is 2.27 bits per heavy atom. The number of nitrogens with zero attached hydrogens (tertiary/aromatic N) is 4. The molecule has 0 spiro atoms. The minimum Gasteiger partial charge on any atom is -0.459 e. The lowest BCUT2D eigenvalue weighted by Gasteiger charge is -2.20. The Bertz CT molecular complexity index is 3230. The number of hydrogen-bond donors (Lipinski definition) is 0. The molecule has 264 valence electrons. The average molecular weight is 721 g/mol. The number of benzene rings is 6. The molecule has 0 N–H and O–H groups in total. The Balaban J connectivity index is 0.995. The molecule has 2 aliphatic carbocycles. The van der Waals surface area contributed by atoms with Gasteiger partial charge in [-0.05, 0) is 60.4 Å². The van der Waals surface area contributed by atoms with Crippen LogP contribution in [0.2, 0.25) is 0 Å². The Hall–Kier alpha value is -7.31. The fraction of sp³-hybridized carbons (Fsp3) is 0.0600. The monoisotopic (exact) mass is 720 g/mol. The second-order valence-electron chi connectivity index (χ2n) is 14.6. The standard InChI is InChI=1S/C50H32N4O2/c1-2-12-30(13-3-1)32-24-26-35-34-16-6-8-21-41(34)54(43(35)28-32)42-22-11-19-39-37-27-25-33(29-45(37)56-47(39)42)49-51-48(31-14-4-5-15-31)52-50(53-49)40-20-10-18-38-36-17-7-9-23-44(36)55-46(38)40/h1-4,6-18,20-29,39H,5,19H2. The fourth-order valence-electron chi connectivity index (χ4n) is 8.77. The molecule has 1 atom stereocenters. The van der Waals surface area contributed by atoms with E-state index in [0.717, 1.165) is 79.7 Å². The molecule has 6 aromatic carbocycles. The highest BCUT2D eigenvalue weighted by atomic mass is 16.5. The molecule has 1 unspecified atom stereocenters. The molecule has 3 aromatic heterocycles. The fourth-order valence-corrected chi connectivity index (χ4v) is 8.77. The Labute approximate surface area is 322 Å². The zero-order valence-corrected chi connectivity index (χ0v) is 30.2. The van der Waals surface area contributed by atoms with Crippen LogP contribution in [0.4, 0.5) is 0 Å². The lowest BCUT2D eigenvalue weighted by atomic mass is 9.90. The number of furan rings is 1. The summed E-state index contributed by atoms with van der Waals surface area (Å²) in [4.78, 5) is 15.2. The number of para-hydroxylation sites is 3. The molecule has 6 nitrogen and oxygen atoms in total. The van der Waals surface area contributed by atoms with Gasteiger partial charge in [0.15, 0.2) is 17.5 Å². The van der Waals surface area contributed by atoms with Crippen LogP contribution in [-0.4, -0.2) is 19.5 Å². The molecule has 0 bridgehead atoms.